The molecular weight excluding hydrogens is 242 g/mol. The van der Waals surface area contributed by atoms with Crippen LogP contribution >= 0.6 is 0 Å². The van der Waals surface area contributed by atoms with Gasteiger partial charge in [-0.15, -0.1) is 0 Å². The molecule has 0 fully saturated rings. The first kappa shape index (κ1) is 15.7. The van der Waals surface area contributed by atoms with Crippen LogP contribution in [-0.4, -0.2) is 43.8 Å². The Kier molecular flexibility index (Phi) is 7.15. The van der Waals surface area contributed by atoms with E-state index in [-0.39, 0.29) is 18.6 Å². The van der Waals surface area contributed by atoms with Gasteiger partial charge in [0.05, 0.1) is 19.8 Å². The van der Waals surface area contributed by atoms with Gasteiger partial charge in [-0.3, -0.25) is 9.69 Å². The van der Waals surface area contributed by atoms with E-state index in [2.05, 4.69) is 17.0 Å². The van der Waals surface area contributed by atoms with E-state index < -0.39 is 0 Å². The second-order valence-corrected chi connectivity index (χ2v) is 4.50. The minimum atomic E-state index is -0.193. The fraction of sp³-hybridized carbons (Fsp3) is 0.533. The third-order valence-electron chi connectivity index (χ3n) is 2.90. The maximum Gasteiger partial charge on any atom is 0.320 e. The molecule has 4 nitrogen and oxygen atoms in total. The highest BCUT2D eigenvalue weighted by atomic mass is 16.5. The van der Waals surface area contributed by atoms with E-state index in [9.17, 15) is 4.79 Å². The molecule has 0 heterocycles. The van der Waals surface area contributed by atoms with Gasteiger partial charge in [0, 0.05) is 19.7 Å². The Morgan fingerprint density at radius 1 is 1.32 bits per heavy atom. The number of carbonyl (C=O) groups excluding carboxylic acids is 1. The molecule has 106 valence electrons. The number of esters is 1. The SMILES string of the molecule is CCOC(=O)CN(Cc1ccccc1)C(C)COC. The van der Waals surface area contributed by atoms with Gasteiger partial charge in [0.1, 0.15) is 0 Å². The molecule has 0 spiro atoms. The average Bonchev–Trinajstić information content (AvgIpc) is 2.40. The summed E-state index contributed by atoms with van der Waals surface area (Å²) in [5, 5.41) is 0. The zero-order chi connectivity index (χ0) is 14.1. The Hall–Kier alpha value is -1.39. The lowest BCUT2D eigenvalue weighted by atomic mass is 10.2. The second-order valence-electron chi connectivity index (χ2n) is 4.50. The zero-order valence-corrected chi connectivity index (χ0v) is 12.0. The van der Waals surface area contributed by atoms with Gasteiger partial charge >= 0.3 is 5.97 Å². The van der Waals surface area contributed by atoms with Crippen molar-refractivity contribution in [1.29, 1.82) is 0 Å². The summed E-state index contributed by atoms with van der Waals surface area (Å²) in [4.78, 5) is 13.7. The summed E-state index contributed by atoms with van der Waals surface area (Å²) < 4.78 is 10.2. The first-order valence-corrected chi connectivity index (χ1v) is 6.59. The monoisotopic (exact) mass is 265 g/mol. The normalized spacial score (nSPS) is 12.4. The fourth-order valence-electron chi connectivity index (χ4n) is 1.90. The number of hydrogen-bond donors (Lipinski definition) is 0. The molecule has 1 unspecified atom stereocenters. The Morgan fingerprint density at radius 3 is 2.58 bits per heavy atom. The Bertz CT molecular complexity index is 367. The Morgan fingerprint density at radius 2 is 2.00 bits per heavy atom. The lowest BCUT2D eigenvalue weighted by Gasteiger charge is -2.27. The van der Waals surface area contributed by atoms with Crippen molar-refractivity contribution in [2.75, 3.05) is 26.9 Å². The van der Waals surface area contributed by atoms with Crippen LogP contribution in [0.4, 0.5) is 0 Å². The molecule has 0 radical (unpaired) electrons. The molecule has 0 amide bonds. The number of rotatable bonds is 8. The van der Waals surface area contributed by atoms with E-state index in [0.29, 0.717) is 19.8 Å². The van der Waals surface area contributed by atoms with Crippen molar-refractivity contribution in [2.45, 2.75) is 26.4 Å². The van der Waals surface area contributed by atoms with E-state index in [4.69, 9.17) is 9.47 Å². The summed E-state index contributed by atoms with van der Waals surface area (Å²) in [7, 11) is 1.67. The molecule has 0 saturated carbocycles. The molecule has 0 aromatic heterocycles. The number of ether oxygens (including phenoxy) is 2. The van der Waals surface area contributed by atoms with E-state index in [1.165, 1.54) is 5.56 Å². The molecular formula is C15H23NO3. The van der Waals surface area contributed by atoms with Gasteiger partial charge in [-0.25, -0.2) is 0 Å². The number of nitrogens with zero attached hydrogens (tertiary/aromatic N) is 1. The number of methoxy groups -OCH3 is 1. The minimum absolute atomic E-state index is 0.162. The number of benzene rings is 1. The van der Waals surface area contributed by atoms with E-state index in [1.807, 2.05) is 32.0 Å². The summed E-state index contributed by atoms with van der Waals surface area (Å²) in [6, 6.07) is 10.2. The smallest absolute Gasteiger partial charge is 0.320 e. The average molecular weight is 265 g/mol. The molecule has 1 atom stereocenters. The predicted molar refractivity (Wildman–Crippen MR) is 74.8 cm³/mol. The van der Waals surface area contributed by atoms with Crippen LogP contribution in [0.15, 0.2) is 30.3 Å². The van der Waals surface area contributed by atoms with Crippen molar-refractivity contribution < 1.29 is 14.3 Å². The van der Waals surface area contributed by atoms with Crippen LogP contribution in [-0.2, 0) is 20.8 Å². The molecule has 0 aliphatic rings. The van der Waals surface area contributed by atoms with Gasteiger partial charge < -0.3 is 9.47 Å². The Labute approximate surface area is 115 Å². The predicted octanol–water partition coefficient (Wildman–Crippen LogP) is 2.09. The molecule has 4 heteroatoms. The highest BCUT2D eigenvalue weighted by molar-refractivity contribution is 5.71. The fourth-order valence-corrected chi connectivity index (χ4v) is 1.90. The Balaban J connectivity index is 2.66. The molecule has 0 aliphatic heterocycles. The standard InChI is InChI=1S/C15H23NO3/c1-4-19-15(17)11-16(13(2)12-18-3)10-14-8-6-5-7-9-14/h5-9,13H,4,10-12H2,1-3H3. The summed E-state index contributed by atoms with van der Waals surface area (Å²) in [5.74, 6) is -0.193. The van der Waals surface area contributed by atoms with Gasteiger partial charge in [0.15, 0.2) is 0 Å². The van der Waals surface area contributed by atoms with Crippen molar-refractivity contribution in [3.05, 3.63) is 35.9 Å². The highest BCUT2D eigenvalue weighted by Gasteiger charge is 2.18. The van der Waals surface area contributed by atoms with Crippen molar-refractivity contribution in [1.82, 2.24) is 4.90 Å². The van der Waals surface area contributed by atoms with Crippen LogP contribution in [0, 0.1) is 0 Å². The molecule has 0 N–H and O–H groups in total. The van der Waals surface area contributed by atoms with Crippen LogP contribution in [0.3, 0.4) is 0 Å². The first-order valence-electron chi connectivity index (χ1n) is 6.59. The van der Waals surface area contributed by atoms with Gasteiger partial charge in [0.2, 0.25) is 0 Å². The second kappa shape index (κ2) is 8.67. The van der Waals surface area contributed by atoms with Gasteiger partial charge in [-0.05, 0) is 19.4 Å². The van der Waals surface area contributed by atoms with Crippen molar-refractivity contribution in [3.63, 3.8) is 0 Å². The van der Waals surface area contributed by atoms with Gasteiger partial charge in [-0.2, -0.15) is 0 Å². The van der Waals surface area contributed by atoms with Crippen molar-refractivity contribution in [2.24, 2.45) is 0 Å². The summed E-state index contributed by atoms with van der Waals surface area (Å²) in [6.07, 6.45) is 0. The molecule has 0 saturated heterocycles. The van der Waals surface area contributed by atoms with Gasteiger partial charge in [-0.1, -0.05) is 30.3 Å². The van der Waals surface area contributed by atoms with Crippen LogP contribution in [0.1, 0.15) is 19.4 Å². The maximum absolute atomic E-state index is 11.6. The van der Waals surface area contributed by atoms with Crippen molar-refractivity contribution >= 4 is 5.97 Å². The zero-order valence-electron chi connectivity index (χ0n) is 12.0. The van der Waals surface area contributed by atoms with Gasteiger partial charge in [0.25, 0.3) is 0 Å². The van der Waals surface area contributed by atoms with Crippen LogP contribution in [0.25, 0.3) is 0 Å². The van der Waals surface area contributed by atoms with E-state index in [1.54, 1.807) is 7.11 Å². The largest absolute Gasteiger partial charge is 0.465 e. The third-order valence-corrected chi connectivity index (χ3v) is 2.90. The molecule has 19 heavy (non-hydrogen) atoms. The summed E-state index contributed by atoms with van der Waals surface area (Å²) in [5.41, 5.74) is 1.18. The van der Waals surface area contributed by atoms with E-state index in [0.717, 1.165) is 0 Å². The number of carbonyl (C=O) groups is 1. The van der Waals surface area contributed by atoms with Crippen LogP contribution < -0.4 is 0 Å². The maximum atomic E-state index is 11.6. The highest BCUT2D eigenvalue weighted by Crippen LogP contribution is 2.09. The molecule has 0 bridgehead atoms. The van der Waals surface area contributed by atoms with Crippen LogP contribution in [0.2, 0.25) is 0 Å². The summed E-state index contributed by atoms with van der Waals surface area (Å²) in [6.45, 7) is 5.87. The number of hydrogen-bond acceptors (Lipinski definition) is 4. The molecule has 0 aliphatic carbocycles. The topological polar surface area (TPSA) is 38.8 Å². The third kappa shape index (κ3) is 5.85. The molecule has 1 rings (SSSR count). The lowest BCUT2D eigenvalue weighted by molar-refractivity contribution is -0.145. The lowest BCUT2D eigenvalue weighted by Crippen LogP contribution is -2.40. The van der Waals surface area contributed by atoms with E-state index >= 15 is 0 Å². The minimum Gasteiger partial charge on any atom is -0.465 e. The van der Waals surface area contributed by atoms with Crippen molar-refractivity contribution in [3.8, 4) is 0 Å². The molecule has 1 aromatic carbocycles. The van der Waals surface area contributed by atoms with Crippen LogP contribution in [0.5, 0.6) is 0 Å². The summed E-state index contributed by atoms with van der Waals surface area (Å²) >= 11 is 0. The quantitative estimate of drug-likeness (QED) is 0.675. The molecule has 1 aromatic rings. The first-order chi connectivity index (χ1) is 9.17.